The number of anilines is 1. The van der Waals surface area contributed by atoms with Gasteiger partial charge in [-0.3, -0.25) is 0 Å². The van der Waals surface area contributed by atoms with Gasteiger partial charge in [0.15, 0.2) is 0 Å². The Labute approximate surface area is 100 Å². The van der Waals surface area contributed by atoms with Gasteiger partial charge in [-0.1, -0.05) is 57.7 Å². The number of nitrogens with two attached hydrogens (primary N) is 1. The lowest BCUT2D eigenvalue weighted by molar-refractivity contribution is 0.543. The minimum Gasteiger partial charge on any atom is -0.398 e. The molecule has 1 rings (SSSR count). The lowest BCUT2D eigenvalue weighted by atomic mass is 9.90. The van der Waals surface area contributed by atoms with Crippen LogP contribution in [0.2, 0.25) is 0 Å². The minimum absolute atomic E-state index is 0.651. The minimum atomic E-state index is 0.651. The summed E-state index contributed by atoms with van der Waals surface area (Å²) in [5.74, 6) is 0.651. The van der Waals surface area contributed by atoms with E-state index in [2.05, 4.69) is 26.0 Å². The van der Waals surface area contributed by atoms with Gasteiger partial charge in [0.25, 0.3) is 0 Å². The standard InChI is InChI=1S/C15H25N/c1-3-5-6-7-10-13(4-2)14-11-8-9-12-15(14)16/h8-9,11-13H,3-7,10,16H2,1-2H3. The van der Waals surface area contributed by atoms with E-state index in [9.17, 15) is 0 Å². The molecule has 2 N–H and O–H groups in total. The van der Waals surface area contributed by atoms with Gasteiger partial charge in [0.05, 0.1) is 0 Å². The second-order valence-electron chi connectivity index (χ2n) is 4.58. The first-order valence-electron chi connectivity index (χ1n) is 6.64. The Balaban J connectivity index is 2.51. The van der Waals surface area contributed by atoms with Gasteiger partial charge in [0, 0.05) is 5.69 Å². The van der Waals surface area contributed by atoms with Crippen LogP contribution >= 0.6 is 0 Å². The van der Waals surface area contributed by atoms with E-state index in [4.69, 9.17) is 5.73 Å². The van der Waals surface area contributed by atoms with Crippen molar-refractivity contribution in [3.8, 4) is 0 Å². The van der Waals surface area contributed by atoms with Gasteiger partial charge < -0.3 is 5.73 Å². The maximum Gasteiger partial charge on any atom is 0.0349 e. The maximum atomic E-state index is 6.03. The highest BCUT2D eigenvalue weighted by Crippen LogP contribution is 2.29. The second kappa shape index (κ2) is 7.32. The average Bonchev–Trinajstić information content (AvgIpc) is 2.31. The van der Waals surface area contributed by atoms with Crippen LogP contribution in [0.5, 0.6) is 0 Å². The predicted octanol–water partition coefficient (Wildman–Crippen LogP) is 4.73. The monoisotopic (exact) mass is 219 g/mol. The molecule has 0 heterocycles. The highest BCUT2D eigenvalue weighted by atomic mass is 14.6. The van der Waals surface area contributed by atoms with Crippen LogP contribution in [0.15, 0.2) is 24.3 Å². The normalized spacial score (nSPS) is 12.6. The molecule has 0 spiro atoms. The third kappa shape index (κ3) is 3.88. The number of rotatable bonds is 7. The fourth-order valence-electron chi connectivity index (χ4n) is 2.28. The van der Waals surface area contributed by atoms with Crippen LogP contribution in [0.3, 0.4) is 0 Å². The van der Waals surface area contributed by atoms with Crippen LogP contribution < -0.4 is 5.73 Å². The fraction of sp³-hybridized carbons (Fsp3) is 0.600. The number of unbranched alkanes of at least 4 members (excludes halogenated alkanes) is 3. The summed E-state index contributed by atoms with van der Waals surface area (Å²) in [5, 5.41) is 0. The predicted molar refractivity (Wildman–Crippen MR) is 72.6 cm³/mol. The molecule has 0 saturated carbocycles. The maximum absolute atomic E-state index is 6.03. The van der Waals surface area contributed by atoms with Crippen LogP contribution in [-0.4, -0.2) is 0 Å². The summed E-state index contributed by atoms with van der Waals surface area (Å²) in [5.41, 5.74) is 8.34. The summed E-state index contributed by atoms with van der Waals surface area (Å²) >= 11 is 0. The highest BCUT2D eigenvalue weighted by molar-refractivity contribution is 5.48. The van der Waals surface area contributed by atoms with Crippen molar-refractivity contribution in [2.24, 2.45) is 0 Å². The van der Waals surface area contributed by atoms with Crippen molar-refractivity contribution >= 4 is 5.69 Å². The van der Waals surface area contributed by atoms with Crippen molar-refractivity contribution in [3.05, 3.63) is 29.8 Å². The quantitative estimate of drug-likeness (QED) is 0.520. The third-order valence-electron chi connectivity index (χ3n) is 3.33. The third-order valence-corrected chi connectivity index (χ3v) is 3.33. The van der Waals surface area contributed by atoms with E-state index in [1.807, 2.05) is 12.1 Å². The highest BCUT2D eigenvalue weighted by Gasteiger charge is 2.11. The summed E-state index contributed by atoms with van der Waals surface area (Å²) in [6, 6.07) is 8.32. The Bertz CT molecular complexity index is 293. The summed E-state index contributed by atoms with van der Waals surface area (Å²) in [7, 11) is 0. The van der Waals surface area contributed by atoms with E-state index in [0.717, 1.165) is 5.69 Å². The zero-order valence-corrected chi connectivity index (χ0v) is 10.7. The van der Waals surface area contributed by atoms with Crippen LogP contribution in [0.25, 0.3) is 0 Å². The van der Waals surface area contributed by atoms with Crippen LogP contribution in [0.1, 0.15) is 63.9 Å². The Morgan fingerprint density at radius 3 is 2.44 bits per heavy atom. The Morgan fingerprint density at radius 2 is 1.81 bits per heavy atom. The summed E-state index contributed by atoms with van der Waals surface area (Å²) in [6.07, 6.45) is 7.84. The van der Waals surface area contributed by atoms with Crippen molar-refractivity contribution in [2.45, 2.75) is 58.3 Å². The zero-order chi connectivity index (χ0) is 11.8. The molecular formula is C15H25N. The van der Waals surface area contributed by atoms with Gasteiger partial charge in [0.2, 0.25) is 0 Å². The average molecular weight is 219 g/mol. The largest absolute Gasteiger partial charge is 0.398 e. The topological polar surface area (TPSA) is 26.0 Å². The van der Waals surface area contributed by atoms with Gasteiger partial charge in [-0.05, 0) is 30.4 Å². The molecule has 0 radical (unpaired) electrons. The van der Waals surface area contributed by atoms with E-state index in [0.29, 0.717) is 5.92 Å². The van der Waals surface area contributed by atoms with E-state index >= 15 is 0 Å². The lowest BCUT2D eigenvalue weighted by Crippen LogP contribution is -2.02. The molecule has 0 aromatic heterocycles. The van der Waals surface area contributed by atoms with E-state index in [1.54, 1.807) is 0 Å². The number of hydrogen-bond donors (Lipinski definition) is 1. The van der Waals surface area contributed by atoms with Crippen molar-refractivity contribution in [2.75, 3.05) is 5.73 Å². The molecule has 1 unspecified atom stereocenters. The zero-order valence-electron chi connectivity index (χ0n) is 10.7. The van der Waals surface area contributed by atoms with Gasteiger partial charge >= 0.3 is 0 Å². The molecule has 0 aliphatic carbocycles. The van der Waals surface area contributed by atoms with Crippen molar-refractivity contribution in [1.82, 2.24) is 0 Å². The molecule has 0 saturated heterocycles. The fourth-order valence-corrected chi connectivity index (χ4v) is 2.28. The molecule has 0 amide bonds. The molecular weight excluding hydrogens is 194 g/mol. The van der Waals surface area contributed by atoms with Gasteiger partial charge in [-0.15, -0.1) is 0 Å². The molecule has 0 aliphatic rings. The van der Waals surface area contributed by atoms with Crippen LogP contribution in [0, 0.1) is 0 Å². The summed E-state index contributed by atoms with van der Waals surface area (Å²) < 4.78 is 0. The molecule has 1 heteroatoms. The first-order valence-corrected chi connectivity index (χ1v) is 6.64. The van der Waals surface area contributed by atoms with E-state index in [1.165, 1.54) is 44.1 Å². The van der Waals surface area contributed by atoms with Gasteiger partial charge in [-0.25, -0.2) is 0 Å². The van der Waals surface area contributed by atoms with Crippen molar-refractivity contribution < 1.29 is 0 Å². The lowest BCUT2D eigenvalue weighted by Gasteiger charge is -2.17. The van der Waals surface area contributed by atoms with Crippen molar-refractivity contribution in [3.63, 3.8) is 0 Å². The summed E-state index contributed by atoms with van der Waals surface area (Å²) in [4.78, 5) is 0. The Morgan fingerprint density at radius 1 is 1.06 bits per heavy atom. The number of benzene rings is 1. The molecule has 1 aromatic carbocycles. The molecule has 1 nitrogen and oxygen atoms in total. The molecule has 1 atom stereocenters. The van der Waals surface area contributed by atoms with Crippen LogP contribution in [-0.2, 0) is 0 Å². The molecule has 1 aromatic rings. The first kappa shape index (κ1) is 13.1. The number of hydrogen-bond acceptors (Lipinski definition) is 1. The number of para-hydroxylation sites is 1. The smallest absolute Gasteiger partial charge is 0.0349 e. The molecule has 0 bridgehead atoms. The van der Waals surface area contributed by atoms with Gasteiger partial charge in [0.1, 0.15) is 0 Å². The SMILES string of the molecule is CCCCCCC(CC)c1ccccc1N. The molecule has 0 fully saturated rings. The van der Waals surface area contributed by atoms with Crippen molar-refractivity contribution in [1.29, 1.82) is 0 Å². The van der Waals surface area contributed by atoms with Gasteiger partial charge in [-0.2, -0.15) is 0 Å². The van der Waals surface area contributed by atoms with E-state index in [-0.39, 0.29) is 0 Å². The Kier molecular flexibility index (Phi) is 5.99. The number of nitrogen functional groups attached to an aromatic ring is 1. The second-order valence-corrected chi connectivity index (χ2v) is 4.58. The first-order chi connectivity index (χ1) is 7.79. The van der Waals surface area contributed by atoms with E-state index < -0.39 is 0 Å². The van der Waals surface area contributed by atoms with Crippen LogP contribution in [0.4, 0.5) is 5.69 Å². The molecule has 0 aliphatic heterocycles. The Hall–Kier alpha value is -0.980. The summed E-state index contributed by atoms with van der Waals surface area (Å²) in [6.45, 7) is 4.52. The molecule has 90 valence electrons. The molecule has 16 heavy (non-hydrogen) atoms.